The number of carbonyl (C=O) groups excluding carboxylic acids is 3. The number of ketones is 3. The van der Waals surface area contributed by atoms with Gasteiger partial charge >= 0.3 is 0 Å². The molecule has 2 rings (SSSR count). The highest BCUT2D eigenvalue weighted by Gasteiger charge is 2.25. The van der Waals surface area contributed by atoms with Gasteiger partial charge in [-0.05, 0) is 68.7 Å². The Labute approximate surface area is 205 Å². The lowest BCUT2D eigenvalue weighted by atomic mass is 9.89. The highest BCUT2D eigenvalue weighted by Crippen LogP contribution is 2.32. The Morgan fingerprint density at radius 3 is 2.41 bits per heavy atom. The minimum atomic E-state index is -0.00556. The number of benzene rings is 1. The first-order valence-corrected chi connectivity index (χ1v) is 12.6. The summed E-state index contributed by atoms with van der Waals surface area (Å²) in [6.07, 6.45) is 12.4. The van der Waals surface area contributed by atoms with E-state index in [0.29, 0.717) is 29.4 Å². The first-order valence-electron chi connectivity index (χ1n) is 12.6. The molecule has 184 valence electrons. The van der Waals surface area contributed by atoms with Gasteiger partial charge in [0.2, 0.25) is 0 Å². The summed E-state index contributed by atoms with van der Waals surface area (Å²) < 4.78 is 5.18. The third-order valence-corrected chi connectivity index (χ3v) is 6.95. The van der Waals surface area contributed by atoms with Crippen molar-refractivity contribution in [1.82, 2.24) is 0 Å². The summed E-state index contributed by atoms with van der Waals surface area (Å²) in [5.74, 6) is 1.80. The molecule has 0 saturated heterocycles. The second kappa shape index (κ2) is 13.8. The second-order valence-corrected chi connectivity index (χ2v) is 9.55. The van der Waals surface area contributed by atoms with Gasteiger partial charge in [-0.2, -0.15) is 0 Å². The minimum absolute atomic E-state index is 0.00556. The zero-order valence-electron chi connectivity index (χ0n) is 21.3. The summed E-state index contributed by atoms with van der Waals surface area (Å²) in [4.78, 5) is 37.4. The van der Waals surface area contributed by atoms with E-state index in [9.17, 15) is 14.4 Å². The molecule has 0 amide bonds. The van der Waals surface area contributed by atoms with E-state index < -0.39 is 0 Å². The summed E-state index contributed by atoms with van der Waals surface area (Å²) in [5, 5.41) is 0. The van der Waals surface area contributed by atoms with Crippen molar-refractivity contribution in [2.75, 3.05) is 7.11 Å². The summed E-state index contributed by atoms with van der Waals surface area (Å²) in [6.45, 7) is 9.61. The fourth-order valence-corrected chi connectivity index (χ4v) is 4.41. The number of hydrogen-bond donors (Lipinski definition) is 0. The van der Waals surface area contributed by atoms with Crippen molar-refractivity contribution in [3.63, 3.8) is 0 Å². The average molecular weight is 465 g/mol. The van der Waals surface area contributed by atoms with Crippen LogP contribution in [0.15, 0.2) is 60.2 Å². The Hall–Kier alpha value is -2.75. The zero-order valence-corrected chi connectivity index (χ0v) is 21.3. The van der Waals surface area contributed by atoms with Gasteiger partial charge in [-0.3, -0.25) is 14.4 Å². The van der Waals surface area contributed by atoms with Crippen LogP contribution < -0.4 is 4.74 Å². The lowest BCUT2D eigenvalue weighted by Gasteiger charge is -2.15. The second-order valence-electron chi connectivity index (χ2n) is 9.55. The number of allylic oxidation sites excluding steroid dienone is 5. The van der Waals surface area contributed by atoms with E-state index in [4.69, 9.17) is 4.74 Å². The maximum absolute atomic E-state index is 12.9. The van der Waals surface area contributed by atoms with E-state index in [2.05, 4.69) is 20.4 Å². The topological polar surface area (TPSA) is 60.4 Å². The first-order chi connectivity index (χ1) is 16.2. The van der Waals surface area contributed by atoms with Crippen molar-refractivity contribution < 1.29 is 19.1 Å². The number of hydrogen-bond acceptors (Lipinski definition) is 4. The molecule has 0 aliphatic heterocycles. The summed E-state index contributed by atoms with van der Waals surface area (Å²) >= 11 is 0. The molecule has 0 heterocycles. The fraction of sp³-hybridized carbons (Fsp3) is 0.500. The van der Waals surface area contributed by atoms with Gasteiger partial charge in [0.15, 0.2) is 17.3 Å². The predicted octanol–water partition coefficient (Wildman–Crippen LogP) is 7.10. The van der Waals surface area contributed by atoms with Crippen molar-refractivity contribution in [1.29, 1.82) is 0 Å². The van der Waals surface area contributed by atoms with Crippen LogP contribution in [0.4, 0.5) is 0 Å². The molecule has 0 bridgehead atoms. The van der Waals surface area contributed by atoms with Crippen LogP contribution in [0.2, 0.25) is 0 Å². The SMILES string of the molecule is C=C(C=CC(=CC(C)CC)C(C)=O)C(=O)CCC1CCCC(C(=O)c2ccc(OC)cc2)CC1. The molecule has 4 nitrogen and oxygen atoms in total. The normalized spacial score (nSPS) is 19.9. The number of carbonyl (C=O) groups is 3. The van der Waals surface area contributed by atoms with Gasteiger partial charge in [-0.1, -0.05) is 57.9 Å². The van der Waals surface area contributed by atoms with Gasteiger partial charge in [0, 0.05) is 29.0 Å². The molecule has 0 N–H and O–H groups in total. The largest absolute Gasteiger partial charge is 0.497 e. The predicted molar refractivity (Wildman–Crippen MR) is 138 cm³/mol. The Morgan fingerprint density at radius 2 is 1.79 bits per heavy atom. The molecule has 1 aromatic rings. The fourth-order valence-electron chi connectivity index (χ4n) is 4.41. The van der Waals surface area contributed by atoms with Gasteiger partial charge in [0.25, 0.3) is 0 Å². The Balaban J connectivity index is 1.85. The number of rotatable bonds is 12. The summed E-state index contributed by atoms with van der Waals surface area (Å²) in [5.41, 5.74) is 1.81. The number of ether oxygens (including phenoxy) is 1. The van der Waals surface area contributed by atoms with Crippen LogP contribution in [0.5, 0.6) is 5.75 Å². The van der Waals surface area contributed by atoms with Crippen molar-refractivity contribution in [2.24, 2.45) is 17.8 Å². The number of methoxy groups -OCH3 is 1. The molecule has 1 aliphatic carbocycles. The van der Waals surface area contributed by atoms with Gasteiger partial charge < -0.3 is 4.74 Å². The van der Waals surface area contributed by atoms with Crippen LogP contribution in [-0.4, -0.2) is 24.5 Å². The summed E-state index contributed by atoms with van der Waals surface area (Å²) in [7, 11) is 1.62. The van der Waals surface area contributed by atoms with Gasteiger partial charge in [0.1, 0.15) is 5.75 Å². The highest BCUT2D eigenvalue weighted by atomic mass is 16.5. The molecule has 3 unspecified atom stereocenters. The lowest BCUT2D eigenvalue weighted by molar-refractivity contribution is -0.115. The van der Waals surface area contributed by atoms with Crippen molar-refractivity contribution >= 4 is 17.3 Å². The summed E-state index contributed by atoms with van der Waals surface area (Å²) in [6, 6.07) is 7.35. The molecule has 1 aliphatic rings. The molecule has 0 spiro atoms. The number of Topliss-reactive ketones (excluding diaryl/α,β-unsaturated/α-hetero) is 3. The smallest absolute Gasteiger partial charge is 0.165 e. The van der Waals surface area contributed by atoms with E-state index >= 15 is 0 Å². The molecule has 0 radical (unpaired) electrons. The first kappa shape index (κ1) is 27.5. The molecule has 3 atom stereocenters. The lowest BCUT2D eigenvalue weighted by Crippen LogP contribution is -2.14. The Bertz CT molecular complexity index is 920. The molecule has 1 saturated carbocycles. The van der Waals surface area contributed by atoms with Crippen LogP contribution >= 0.6 is 0 Å². The van der Waals surface area contributed by atoms with Crippen molar-refractivity contribution in [3.8, 4) is 5.75 Å². The molecule has 34 heavy (non-hydrogen) atoms. The standard InChI is InChI=1S/C30H40O4/c1-6-21(2)20-27(23(4)31)13-10-22(3)29(32)19-12-24-8-7-9-25(14-11-24)30(33)26-15-17-28(34-5)18-16-26/h10,13,15-18,20-21,24-25H,3,6-9,11-12,14,19H2,1-2,4-5H3. The minimum Gasteiger partial charge on any atom is -0.497 e. The third kappa shape index (κ3) is 8.55. The van der Waals surface area contributed by atoms with Crippen molar-refractivity contribution in [2.45, 2.75) is 72.1 Å². The maximum Gasteiger partial charge on any atom is 0.165 e. The quantitative estimate of drug-likeness (QED) is 0.143. The monoisotopic (exact) mass is 464 g/mol. The molecule has 1 fully saturated rings. The molecule has 1 aromatic carbocycles. The van der Waals surface area contributed by atoms with Crippen LogP contribution in [0, 0.1) is 17.8 Å². The highest BCUT2D eigenvalue weighted by molar-refractivity contribution is 5.99. The van der Waals surface area contributed by atoms with Gasteiger partial charge in [0.05, 0.1) is 7.11 Å². The molecular weight excluding hydrogens is 424 g/mol. The molecule has 0 aromatic heterocycles. The van der Waals surface area contributed by atoms with E-state index in [-0.39, 0.29) is 23.3 Å². The van der Waals surface area contributed by atoms with E-state index in [1.165, 1.54) is 0 Å². The molecular formula is C30H40O4. The molecule has 4 heteroatoms. The maximum atomic E-state index is 12.9. The average Bonchev–Trinajstić information content (AvgIpc) is 3.09. The zero-order chi connectivity index (χ0) is 25.1. The van der Waals surface area contributed by atoms with Gasteiger partial charge in [-0.25, -0.2) is 0 Å². The van der Waals surface area contributed by atoms with E-state index in [1.807, 2.05) is 30.3 Å². The third-order valence-electron chi connectivity index (χ3n) is 6.95. The van der Waals surface area contributed by atoms with Crippen LogP contribution in [-0.2, 0) is 9.59 Å². The van der Waals surface area contributed by atoms with Crippen LogP contribution in [0.3, 0.4) is 0 Å². The van der Waals surface area contributed by atoms with E-state index in [0.717, 1.165) is 56.3 Å². The Morgan fingerprint density at radius 1 is 1.09 bits per heavy atom. The van der Waals surface area contributed by atoms with Crippen LogP contribution in [0.25, 0.3) is 0 Å². The van der Waals surface area contributed by atoms with Gasteiger partial charge in [-0.15, -0.1) is 0 Å². The Kier molecular flexibility index (Phi) is 11.2. The van der Waals surface area contributed by atoms with Crippen molar-refractivity contribution in [3.05, 3.63) is 65.8 Å². The van der Waals surface area contributed by atoms with Crippen LogP contribution in [0.1, 0.15) is 82.5 Å². The van der Waals surface area contributed by atoms with E-state index in [1.54, 1.807) is 26.2 Å².